The first kappa shape index (κ1) is 11.2. The van der Waals surface area contributed by atoms with Gasteiger partial charge >= 0.3 is 0 Å². The molecule has 92 valence electrons. The van der Waals surface area contributed by atoms with Gasteiger partial charge in [-0.05, 0) is 25.3 Å². The van der Waals surface area contributed by atoms with E-state index in [0.717, 1.165) is 19.3 Å². The molecule has 3 rings (SSSR count). The first-order valence-corrected chi connectivity index (χ1v) is 6.67. The Morgan fingerprint density at radius 2 is 1.82 bits per heavy atom. The quantitative estimate of drug-likeness (QED) is 0.779. The molecule has 2 fully saturated rings. The van der Waals surface area contributed by atoms with Crippen LogP contribution in [-0.2, 0) is 15.9 Å². The highest BCUT2D eigenvalue weighted by Crippen LogP contribution is 2.42. The van der Waals surface area contributed by atoms with Crippen molar-refractivity contribution in [1.29, 1.82) is 0 Å². The normalized spacial score (nSPS) is 31.1. The Labute approximate surface area is 103 Å². The average Bonchev–Trinajstić information content (AvgIpc) is 2.89. The molecule has 0 aromatic heterocycles. The minimum atomic E-state index is -0.237. The van der Waals surface area contributed by atoms with E-state index in [9.17, 15) is 0 Å². The molecule has 1 heterocycles. The molecule has 0 N–H and O–H groups in total. The van der Waals surface area contributed by atoms with Crippen LogP contribution in [0.1, 0.15) is 38.2 Å². The molecule has 1 aromatic rings. The highest BCUT2D eigenvalue weighted by atomic mass is 16.8. The Morgan fingerprint density at radius 1 is 1.12 bits per heavy atom. The minimum Gasteiger partial charge on any atom is -0.344 e. The Kier molecular flexibility index (Phi) is 2.93. The fraction of sp³-hybridized carbons (Fsp3) is 0.600. The smallest absolute Gasteiger partial charge is 0.169 e. The van der Waals surface area contributed by atoms with Crippen molar-refractivity contribution in [3.05, 3.63) is 35.9 Å². The van der Waals surface area contributed by atoms with Crippen molar-refractivity contribution >= 4 is 0 Å². The maximum absolute atomic E-state index is 6.20. The SMILES string of the molecule is C[C@@H]1OC2(CCCC2)O[C@H]1Cc1ccccc1. The molecule has 2 aliphatic rings. The van der Waals surface area contributed by atoms with E-state index >= 15 is 0 Å². The predicted octanol–water partition coefficient (Wildman–Crippen LogP) is 3.30. The van der Waals surface area contributed by atoms with Gasteiger partial charge in [-0.25, -0.2) is 0 Å². The van der Waals surface area contributed by atoms with Crippen molar-refractivity contribution in [2.45, 2.75) is 57.0 Å². The van der Waals surface area contributed by atoms with E-state index in [1.165, 1.54) is 18.4 Å². The molecule has 17 heavy (non-hydrogen) atoms. The van der Waals surface area contributed by atoms with Crippen LogP contribution in [-0.4, -0.2) is 18.0 Å². The van der Waals surface area contributed by atoms with Gasteiger partial charge in [0.15, 0.2) is 5.79 Å². The topological polar surface area (TPSA) is 18.5 Å². The molecule has 1 aliphatic carbocycles. The second kappa shape index (κ2) is 4.43. The van der Waals surface area contributed by atoms with E-state index in [-0.39, 0.29) is 18.0 Å². The number of benzene rings is 1. The largest absolute Gasteiger partial charge is 0.344 e. The predicted molar refractivity (Wildman–Crippen MR) is 66.8 cm³/mol. The lowest BCUT2D eigenvalue weighted by Crippen LogP contribution is -2.27. The molecule has 0 unspecified atom stereocenters. The van der Waals surface area contributed by atoms with Gasteiger partial charge in [-0.1, -0.05) is 30.3 Å². The van der Waals surface area contributed by atoms with Crippen LogP contribution in [0.15, 0.2) is 30.3 Å². The zero-order valence-electron chi connectivity index (χ0n) is 10.4. The second-order valence-corrected chi connectivity index (χ2v) is 5.29. The average molecular weight is 232 g/mol. The summed E-state index contributed by atoms with van der Waals surface area (Å²) >= 11 is 0. The zero-order chi connectivity index (χ0) is 11.7. The van der Waals surface area contributed by atoms with Gasteiger partial charge in [0.1, 0.15) is 0 Å². The summed E-state index contributed by atoms with van der Waals surface area (Å²) in [7, 11) is 0. The van der Waals surface area contributed by atoms with Crippen molar-refractivity contribution in [3.63, 3.8) is 0 Å². The van der Waals surface area contributed by atoms with Crippen LogP contribution in [0.3, 0.4) is 0 Å². The van der Waals surface area contributed by atoms with Crippen molar-refractivity contribution in [2.75, 3.05) is 0 Å². The molecule has 1 aliphatic heterocycles. The highest BCUT2D eigenvalue weighted by Gasteiger charge is 2.47. The first-order valence-electron chi connectivity index (χ1n) is 6.67. The summed E-state index contributed by atoms with van der Waals surface area (Å²) in [6, 6.07) is 10.5. The van der Waals surface area contributed by atoms with Crippen molar-refractivity contribution < 1.29 is 9.47 Å². The molecule has 1 saturated carbocycles. The fourth-order valence-corrected chi connectivity index (χ4v) is 3.02. The van der Waals surface area contributed by atoms with E-state index in [0.29, 0.717) is 0 Å². The molecule has 0 bridgehead atoms. The second-order valence-electron chi connectivity index (χ2n) is 5.29. The van der Waals surface area contributed by atoms with Crippen LogP contribution < -0.4 is 0 Å². The maximum atomic E-state index is 6.20. The molecule has 2 nitrogen and oxygen atoms in total. The van der Waals surface area contributed by atoms with Gasteiger partial charge in [-0.2, -0.15) is 0 Å². The van der Waals surface area contributed by atoms with Crippen LogP contribution in [0.5, 0.6) is 0 Å². The summed E-state index contributed by atoms with van der Waals surface area (Å²) in [5.74, 6) is -0.237. The number of hydrogen-bond donors (Lipinski definition) is 0. The maximum Gasteiger partial charge on any atom is 0.169 e. The molecule has 2 heteroatoms. The van der Waals surface area contributed by atoms with Gasteiger partial charge < -0.3 is 9.47 Å². The molecular formula is C15H20O2. The fourth-order valence-electron chi connectivity index (χ4n) is 3.02. The first-order chi connectivity index (χ1) is 8.27. The lowest BCUT2D eigenvalue weighted by Gasteiger charge is -2.21. The minimum absolute atomic E-state index is 0.216. The van der Waals surface area contributed by atoms with E-state index in [4.69, 9.17) is 9.47 Å². The van der Waals surface area contributed by atoms with Crippen LogP contribution in [0.2, 0.25) is 0 Å². The molecular weight excluding hydrogens is 212 g/mol. The van der Waals surface area contributed by atoms with Gasteiger partial charge in [0.25, 0.3) is 0 Å². The third-order valence-corrected chi connectivity index (χ3v) is 3.94. The summed E-state index contributed by atoms with van der Waals surface area (Å²) < 4.78 is 12.3. The third kappa shape index (κ3) is 2.24. The van der Waals surface area contributed by atoms with Gasteiger partial charge in [-0.15, -0.1) is 0 Å². The summed E-state index contributed by atoms with van der Waals surface area (Å²) in [5.41, 5.74) is 1.34. The standard InChI is InChI=1S/C15H20O2/c1-12-14(11-13-7-3-2-4-8-13)17-15(16-12)9-5-6-10-15/h2-4,7-8,12,14H,5-6,9-11H2,1H3/t12-,14-/m0/s1. The van der Waals surface area contributed by atoms with E-state index in [1.54, 1.807) is 0 Å². The van der Waals surface area contributed by atoms with Gasteiger partial charge in [0.05, 0.1) is 12.2 Å². The molecule has 1 saturated heterocycles. The summed E-state index contributed by atoms with van der Waals surface area (Å²) in [6.45, 7) is 2.14. The Morgan fingerprint density at radius 3 is 2.53 bits per heavy atom. The van der Waals surface area contributed by atoms with Crippen molar-refractivity contribution in [2.24, 2.45) is 0 Å². The molecule has 0 amide bonds. The molecule has 2 atom stereocenters. The summed E-state index contributed by atoms with van der Waals surface area (Å²) in [4.78, 5) is 0. The van der Waals surface area contributed by atoms with Crippen LogP contribution in [0.25, 0.3) is 0 Å². The Bertz CT molecular complexity index is 368. The monoisotopic (exact) mass is 232 g/mol. The number of hydrogen-bond acceptors (Lipinski definition) is 2. The van der Waals surface area contributed by atoms with Gasteiger partial charge in [0, 0.05) is 19.3 Å². The lowest BCUT2D eigenvalue weighted by atomic mass is 10.1. The molecule has 1 aromatic carbocycles. The summed E-state index contributed by atoms with van der Waals surface area (Å²) in [6.07, 6.45) is 6.02. The summed E-state index contributed by atoms with van der Waals surface area (Å²) in [5, 5.41) is 0. The van der Waals surface area contributed by atoms with Crippen LogP contribution >= 0.6 is 0 Å². The van der Waals surface area contributed by atoms with Crippen LogP contribution in [0.4, 0.5) is 0 Å². The molecule has 0 radical (unpaired) electrons. The van der Waals surface area contributed by atoms with Gasteiger partial charge in [-0.3, -0.25) is 0 Å². The van der Waals surface area contributed by atoms with Crippen molar-refractivity contribution in [3.8, 4) is 0 Å². The Balaban J connectivity index is 1.68. The lowest BCUT2D eigenvalue weighted by molar-refractivity contribution is -0.167. The van der Waals surface area contributed by atoms with Crippen molar-refractivity contribution in [1.82, 2.24) is 0 Å². The number of rotatable bonds is 2. The van der Waals surface area contributed by atoms with E-state index in [2.05, 4.69) is 37.3 Å². The van der Waals surface area contributed by atoms with Crippen LogP contribution in [0, 0.1) is 0 Å². The third-order valence-electron chi connectivity index (χ3n) is 3.94. The highest BCUT2D eigenvalue weighted by molar-refractivity contribution is 5.16. The van der Waals surface area contributed by atoms with E-state index in [1.807, 2.05) is 0 Å². The number of ether oxygens (including phenoxy) is 2. The van der Waals surface area contributed by atoms with E-state index < -0.39 is 0 Å². The molecule has 1 spiro atoms. The zero-order valence-corrected chi connectivity index (χ0v) is 10.4. The van der Waals surface area contributed by atoms with Gasteiger partial charge in [0.2, 0.25) is 0 Å². The Hall–Kier alpha value is -0.860.